The van der Waals surface area contributed by atoms with Gasteiger partial charge in [0.1, 0.15) is 6.54 Å². The Labute approximate surface area is 140 Å². The molecule has 2 rings (SSSR count). The normalized spacial score (nSPS) is 11.6. The first-order chi connectivity index (χ1) is 10.7. The molecule has 1 amide bonds. The van der Waals surface area contributed by atoms with Crippen LogP contribution >= 0.6 is 23.2 Å². The number of benzene rings is 1. The molecule has 0 N–H and O–H groups in total. The summed E-state index contributed by atoms with van der Waals surface area (Å²) in [6.07, 6.45) is -3.41. The van der Waals surface area contributed by atoms with Gasteiger partial charge in [0.15, 0.2) is 5.69 Å². The Kier molecular flexibility index (Phi) is 5.21. The van der Waals surface area contributed by atoms with Crippen molar-refractivity contribution in [2.24, 2.45) is 0 Å². The van der Waals surface area contributed by atoms with Gasteiger partial charge in [0.25, 0.3) is 0 Å². The van der Waals surface area contributed by atoms with Gasteiger partial charge in [0, 0.05) is 19.8 Å². The molecule has 0 aliphatic carbocycles. The number of carbonyl (C=O) groups is 1. The van der Waals surface area contributed by atoms with E-state index >= 15 is 0 Å². The summed E-state index contributed by atoms with van der Waals surface area (Å²) in [7, 11) is 1.54. The smallest absolute Gasteiger partial charge is 0.340 e. The molecule has 0 fully saturated rings. The van der Waals surface area contributed by atoms with E-state index in [2.05, 4.69) is 5.10 Å². The van der Waals surface area contributed by atoms with Crippen LogP contribution in [0.3, 0.4) is 0 Å². The maximum Gasteiger partial charge on any atom is 0.435 e. The second-order valence-electron chi connectivity index (χ2n) is 4.89. The molecule has 0 bridgehead atoms. The molecule has 1 aromatic heterocycles. The minimum Gasteiger partial charge on any atom is -0.340 e. The van der Waals surface area contributed by atoms with Gasteiger partial charge in [-0.25, -0.2) is 0 Å². The van der Waals surface area contributed by atoms with Gasteiger partial charge in [-0.05, 0) is 23.8 Å². The van der Waals surface area contributed by atoms with E-state index in [4.69, 9.17) is 23.2 Å². The molecule has 0 aliphatic heterocycles. The quantitative estimate of drug-likeness (QED) is 0.824. The lowest BCUT2D eigenvalue weighted by Crippen LogP contribution is -2.30. The molecule has 0 saturated carbocycles. The van der Waals surface area contributed by atoms with Gasteiger partial charge >= 0.3 is 6.18 Å². The molecule has 124 valence electrons. The predicted octanol–water partition coefficient (Wildman–Crippen LogP) is 3.87. The van der Waals surface area contributed by atoms with Gasteiger partial charge in [-0.15, -0.1) is 0 Å². The molecule has 0 aliphatic rings. The predicted molar refractivity (Wildman–Crippen MR) is 80.2 cm³/mol. The van der Waals surface area contributed by atoms with Crippen LogP contribution in [0.25, 0.3) is 0 Å². The van der Waals surface area contributed by atoms with Crippen LogP contribution in [0.4, 0.5) is 13.2 Å². The number of likely N-dealkylation sites (N-methyl/N-ethyl adjacent to an activating group) is 1. The van der Waals surface area contributed by atoms with Crippen LogP contribution in [0.1, 0.15) is 11.3 Å². The molecule has 23 heavy (non-hydrogen) atoms. The van der Waals surface area contributed by atoms with Crippen LogP contribution in [0, 0.1) is 0 Å². The Morgan fingerprint density at radius 3 is 2.52 bits per heavy atom. The SMILES string of the molecule is CN(Cc1ccc(Cl)c(Cl)c1)C(=O)Cn1ccc(C(F)(F)F)n1. The number of nitrogens with zero attached hydrogens (tertiary/aromatic N) is 3. The van der Waals surface area contributed by atoms with Crippen molar-refractivity contribution in [1.82, 2.24) is 14.7 Å². The molecule has 9 heteroatoms. The molecule has 2 aromatic rings. The maximum absolute atomic E-state index is 12.5. The summed E-state index contributed by atoms with van der Waals surface area (Å²) in [4.78, 5) is 13.4. The summed E-state index contributed by atoms with van der Waals surface area (Å²) in [5.41, 5.74) is -0.274. The van der Waals surface area contributed by atoms with Gasteiger partial charge in [0.05, 0.1) is 10.0 Å². The molecule has 0 spiro atoms. The van der Waals surface area contributed by atoms with Crippen molar-refractivity contribution in [2.75, 3.05) is 7.05 Å². The highest BCUT2D eigenvalue weighted by atomic mass is 35.5. The van der Waals surface area contributed by atoms with Gasteiger partial charge in [-0.2, -0.15) is 18.3 Å². The Hall–Kier alpha value is -1.73. The first-order valence-electron chi connectivity index (χ1n) is 6.45. The fraction of sp³-hybridized carbons (Fsp3) is 0.286. The van der Waals surface area contributed by atoms with Crippen molar-refractivity contribution >= 4 is 29.1 Å². The van der Waals surface area contributed by atoms with E-state index in [0.29, 0.717) is 10.0 Å². The molecule has 4 nitrogen and oxygen atoms in total. The van der Waals surface area contributed by atoms with E-state index in [1.54, 1.807) is 25.2 Å². The lowest BCUT2D eigenvalue weighted by molar-refractivity contribution is -0.142. The van der Waals surface area contributed by atoms with Gasteiger partial charge < -0.3 is 4.90 Å². The van der Waals surface area contributed by atoms with Crippen LogP contribution < -0.4 is 0 Å². The molecular weight excluding hydrogens is 354 g/mol. The maximum atomic E-state index is 12.5. The zero-order valence-corrected chi connectivity index (χ0v) is 13.5. The van der Waals surface area contributed by atoms with Crippen molar-refractivity contribution in [2.45, 2.75) is 19.3 Å². The molecule has 1 heterocycles. The third-order valence-corrected chi connectivity index (χ3v) is 3.80. The second kappa shape index (κ2) is 6.80. The lowest BCUT2D eigenvalue weighted by Gasteiger charge is -2.17. The Morgan fingerprint density at radius 1 is 1.26 bits per heavy atom. The molecule has 1 aromatic carbocycles. The summed E-state index contributed by atoms with van der Waals surface area (Å²) in [6.45, 7) is -0.0307. The number of amides is 1. The van der Waals surface area contributed by atoms with Gasteiger partial charge in [-0.1, -0.05) is 29.3 Å². The summed E-state index contributed by atoms with van der Waals surface area (Å²) in [5.74, 6) is -0.382. The minimum absolute atomic E-state index is 0.253. The second-order valence-corrected chi connectivity index (χ2v) is 5.71. The monoisotopic (exact) mass is 365 g/mol. The van der Waals surface area contributed by atoms with Gasteiger partial charge in [-0.3, -0.25) is 9.48 Å². The van der Waals surface area contributed by atoms with Crippen molar-refractivity contribution in [1.29, 1.82) is 0 Å². The van der Waals surface area contributed by atoms with E-state index in [1.165, 1.54) is 4.90 Å². The molecule has 0 radical (unpaired) electrons. The fourth-order valence-electron chi connectivity index (χ4n) is 1.86. The summed E-state index contributed by atoms with van der Waals surface area (Å²) in [5, 5.41) is 4.11. The molecular formula is C14H12Cl2F3N3O. The van der Waals surface area contributed by atoms with Crippen molar-refractivity contribution in [3.05, 3.63) is 51.8 Å². The largest absolute Gasteiger partial charge is 0.435 e. The Balaban J connectivity index is 1.99. The summed E-state index contributed by atoms with van der Waals surface area (Å²) in [6, 6.07) is 5.78. The van der Waals surface area contributed by atoms with Crippen LogP contribution in [0.2, 0.25) is 10.0 Å². The van der Waals surface area contributed by atoms with Crippen LogP contribution in [-0.4, -0.2) is 27.6 Å². The highest BCUT2D eigenvalue weighted by Gasteiger charge is 2.33. The molecule has 0 atom stereocenters. The third kappa shape index (κ3) is 4.62. The van der Waals surface area contributed by atoms with Crippen LogP contribution in [-0.2, 0) is 24.1 Å². The van der Waals surface area contributed by atoms with Crippen molar-refractivity contribution in [3.63, 3.8) is 0 Å². The summed E-state index contributed by atoms with van der Waals surface area (Å²) >= 11 is 11.7. The van der Waals surface area contributed by atoms with Crippen LogP contribution in [0.15, 0.2) is 30.5 Å². The molecule has 0 saturated heterocycles. The average Bonchev–Trinajstić information content (AvgIpc) is 2.91. The van der Waals surface area contributed by atoms with E-state index < -0.39 is 11.9 Å². The summed E-state index contributed by atoms with van der Waals surface area (Å²) < 4.78 is 38.3. The number of hydrogen-bond donors (Lipinski definition) is 0. The van der Waals surface area contributed by atoms with Crippen molar-refractivity contribution < 1.29 is 18.0 Å². The standard InChI is InChI=1S/C14H12Cl2F3N3O/c1-21(7-9-2-3-10(15)11(16)6-9)13(23)8-22-5-4-12(20-22)14(17,18)19/h2-6H,7-8H2,1H3. The fourth-order valence-corrected chi connectivity index (χ4v) is 2.18. The number of carbonyl (C=O) groups excluding carboxylic acids is 1. The molecule has 0 unspecified atom stereocenters. The Bertz CT molecular complexity index is 716. The third-order valence-electron chi connectivity index (χ3n) is 3.06. The zero-order chi connectivity index (χ0) is 17.2. The van der Waals surface area contributed by atoms with E-state index in [1.807, 2.05) is 0 Å². The first-order valence-corrected chi connectivity index (χ1v) is 7.21. The highest BCUT2D eigenvalue weighted by Crippen LogP contribution is 2.27. The first kappa shape index (κ1) is 17.6. The minimum atomic E-state index is -4.53. The topological polar surface area (TPSA) is 38.1 Å². The van der Waals surface area contributed by atoms with E-state index in [-0.39, 0.29) is 19.0 Å². The number of alkyl halides is 3. The van der Waals surface area contributed by atoms with Gasteiger partial charge in [0.2, 0.25) is 5.91 Å². The number of hydrogen-bond acceptors (Lipinski definition) is 2. The lowest BCUT2D eigenvalue weighted by atomic mass is 10.2. The van der Waals surface area contributed by atoms with E-state index in [0.717, 1.165) is 22.5 Å². The number of aromatic nitrogens is 2. The highest BCUT2D eigenvalue weighted by molar-refractivity contribution is 6.42. The Morgan fingerprint density at radius 2 is 1.96 bits per heavy atom. The van der Waals surface area contributed by atoms with E-state index in [9.17, 15) is 18.0 Å². The van der Waals surface area contributed by atoms with Crippen LogP contribution in [0.5, 0.6) is 0 Å². The average molecular weight is 366 g/mol. The zero-order valence-electron chi connectivity index (χ0n) is 11.9. The number of rotatable bonds is 4. The van der Waals surface area contributed by atoms with Crippen molar-refractivity contribution in [3.8, 4) is 0 Å². The number of halogens is 5.